The van der Waals surface area contributed by atoms with Gasteiger partial charge in [-0.3, -0.25) is 0 Å². The quantitative estimate of drug-likeness (QED) is 0.708. The Balaban J connectivity index is 3.30. The zero-order valence-electron chi connectivity index (χ0n) is 3.80. The standard InChI is InChI=1S/C4H4O2.W/c1-4-2-5-3-6-4;/h2H,1H3;. The molecule has 2 nitrogen and oxygen atoms in total. The first-order valence-corrected chi connectivity index (χ1v) is 3.31. The summed E-state index contributed by atoms with van der Waals surface area (Å²) in [6.45, 7) is 1.86. The maximum atomic E-state index is 4.95. The van der Waals surface area contributed by atoms with Crippen LogP contribution in [0.5, 0.6) is 0 Å². The van der Waals surface area contributed by atoms with E-state index in [0.717, 1.165) is 5.76 Å². The average molecular weight is 268 g/mol. The van der Waals surface area contributed by atoms with Crippen LogP contribution in [0.15, 0.2) is 15.1 Å². The molecule has 1 heterocycles. The SMILES string of the molecule is Cc1co[c](=[W])o1. The van der Waals surface area contributed by atoms with Crippen LogP contribution >= 0.6 is 0 Å². The molecule has 0 atom stereocenters. The molecule has 0 aliphatic rings. The summed E-state index contributed by atoms with van der Waals surface area (Å²) in [5.41, 5.74) is 0. The summed E-state index contributed by atoms with van der Waals surface area (Å²) in [4.78, 5) is 0. The predicted octanol–water partition coefficient (Wildman–Crippen LogP) is 1.26. The second-order valence-electron chi connectivity index (χ2n) is 1.20. The van der Waals surface area contributed by atoms with Gasteiger partial charge in [-0.05, 0) is 0 Å². The first kappa shape index (κ1) is 5.04. The molecule has 0 saturated carbocycles. The Kier molecular flexibility index (Phi) is 1.29. The van der Waals surface area contributed by atoms with Crippen molar-refractivity contribution in [3.8, 4) is 0 Å². The Labute approximate surface area is 51.5 Å². The molecule has 1 rings (SSSR count). The van der Waals surface area contributed by atoms with Crippen molar-refractivity contribution in [2.45, 2.75) is 6.92 Å². The van der Waals surface area contributed by atoms with E-state index in [1.807, 2.05) is 6.92 Å². The second-order valence-corrected chi connectivity index (χ2v) is 2.40. The molecular formula is C4H4O2W. The van der Waals surface area contributed by atoms with Gasteiger partial charge in [0.05, 0.1) is 0 Å². The molecule has 0 spiro atoms. The molecule has 0 amide bonds. The van der Waals surface area contributed by atoms with Crippen molar-refractivity contribution < 1.29 is 28.2 Å². The Morgan fingerprint density at radius 1 is 1.71 bits per heavy atom. The van der Waals surface area contributed by atoms with Crippen molar-refractivity contribution >= 4 is 0 Å². The zero-order chi connectivity index (χ0) is 5.28. The van der Waals surface area contributed by atoms with Gasteiger partial charge in [0.15, 0.2) is 0 Å². The molecule has 0 unspecified atom stereocenters. The summed E-state index contributed by atoms with van der Waals surface area (Å²) in [7, 11) is 0. The van der Waals surface area contributed by atoms with Gasteiger partial charge in [-0.1, -0.05) is 0 Å². The molecule has 0 bridgehead atoms. The van der Waals surface area contributed by atoms with E-state index in [4.69, 9.17) is 8.83 Å². The summed E-state index contributed by atoms with van der Waals surface area (Å²) < 4.78 is 10.5. The molecular weight excluding hydrogens is 264 g/mol. The maximum absolute atomic E-state index is 4.95. The third kappa shape index (κ3) is 1.13. The topological polar surface area (TPSA) is 26.3 Å². The van der Waals surface area contributed by atoms with Gasteiger partial charge in [-0.2, -0.15) is 0 Å². The van der Waals surface area contributed by atoms with E-state index in [1.165, 1.54) is 19.4 Å². The van der Waals surface area contributed by atoms with Gasteiger partial charge in [-0.15, -0.1) is 0 Å². The third-order valence-corrected chi connectivity index (χ3v) is 1.21. The van der Waals surface area contributed by atoms with E-state index >= 15 is 0 Å². The summed E-state index contributed by atoms with van der Waals surface area (Å²) >= 11 is 1.23. The fourth-order valence-electron chi connectivity index (χ4n) is 0.311. The van der Waals surface area contributed by atoms with Crippen LogP contribution in [0.2, 0.25) is 0 Å². The van der Waals surface area contributed by atoms with E-state index in [0.29, 0.717) is 3.94 Å². The zero-order valence-corrected chi connectivity index (χ0v) is 6.74. The Bertz CT molecular complexity index is 197. The van der Waals surface area contributed by atoms with Crippen molar-refractivity contribution in [1.82, 2.24) is 0 Å². The van der Waals surface area contributed by atoms with E-state index in [-0.39, 0.29) is 0 Å². The minimum atomic E-state index is 0.692. The fourth-order valence-corrected chi connectivity index (χ4v) is 0.956. The van der Waals surface area contributed by atoms with Crippen LogP contribution in [0.1, 0.15) is 5.76 Å². The van der Waals surface area contributed by atoms with E-state index in [1.54, 1.807) is 6.26 Å². The summed E-state index contributed by atoms with van der Waals surface area (Å²) in [6, 6.07) is 0. The van der Waals surface area contributed by atoms with Gasteiger partial charge < -0.3 is 0 Å². The molecule has 1 aromatic rings. The number of aryl methyl sites for hydroxylation is 1. The number of rotatable bonds is 0. The van der Waals surface area contributed by atoms with Crippen LogP contribution in [-0.2, 0) is 19.4 Å². The summed E-state index contributed by atoms with van der Waals surface area (Å²) in [6.07, 6.45) is 1.60. The molecule has 0 aliphatic carbocycles. The van der Waals surface area contributed by atoms with Crippen LogP contribution in [-0.4, -0.2) is 0 Å². The van der Waals surface area contributed by atoms with Crippen LogP contribution < -0.4 is 0 Å². The normalized spacial score (nSPS) is 9.29. The van der Waals surface area contributed by atoms with Crippen LogP contribution in [0, 0.1) is 10.9 Å². The van der Waals surface area contributed by atoms with Gasteiger partial charge in [-0.25, -0.2) is 0 Å². The van der Waals surface area contributed by atoms with Crippen LogP contribution in [0.4, 0.5) is 0 Å². The van der Waals surface area contributed by atoms with E-state index in [9.17, 15) is 0 Å². The Morgan fingerprint density at radius 3 is 2.57 bits per heavy atom. The molecule has 0 saturated heterocycles. The van der Waals surface area contributed by atoms with Gasteiger partial charge in [0.25, 0.3) is 0 Å². The monoisotopic (exact) mass is 268 g/mol. The molecule has 7 heavy (non-hydrogen) atoms. The van der Waals surface area contributed by atoms with Crippen molar-refractivity contribution in [3.05, 3.63) is 16.0 Å². The fraction of sp³-hybridized carbons (Fsp3) is 0.250. The molecule has 0 N–H and O–H groups in total. The van der Waals surface area contributed by atoms with Crippen molar-refractivity contribution in [3.63, 3.8) is 0 Å². The first-order valence-electron chi connectivity index (χ1n) is 1.84. The van der Waals surface area contributed by atoms with Crippen LogP contribution in [0.25, 0.3) is 0 Å². The molecule has 0 radical (unpaired) electrons. The second kappa shape index (κ2) is 1.79. The Morgan fingerprint density at radius 2 is 2.43 bits per heavy atom. The van der Waals surface area contributed by atoms with E-state index in [2.05, 4.69) is 0 Å². The van der Waals surface area contributed by atoms with Crippen molar-refractivity contribution in [1.29, 1.82) is 0 Å². The van der Waals surface area contributed by atoms with Gasteiger partial charge in [0.1, 0.15) is 0 Å². The van der Waals surface area contributed by atoms with Crippen molar-refractivity contribution in [2.24, 2.45) is 0 Å². The molecule has 38 valence electrons. The molecule has 0 aliphatic heterocycles. The Hall–Kier alpha value is -0.102. The first-order chi connectivity index (χ1) is 3.29. The predicted molar refractivity (Wildman–Crippen MR) is 19.0 cm³/mol. The molecule has 1 aromatic heterocycles. The van der Waals surface area contributed by atoms with Gasteiger partial charge >= 0.3 is 51.1 Å². The van der Waals surface area contributed by atoms with Crippen molar-refractivity contribution in [2.75, 3.05) is 0 Å². The van der Waals surface area contributed by atoms with Gasteiger partial charge in [0.2, 0.25) is 0 Å². The van der Waals surface area contributed by atoms with Crippen LogP contribution in [0.3, 0.4) is 0 Å². The average Bonchev–Trinajstić information content (AvgIpc) is 1.87. The van der Waals surface area contributed by atoms with Gasteiger partial charge in [0, 0.05) is 0 Å². The third-order valence-electron chi connectivity index (χ3n) is 0.565. The molecule has 0 fully saturated rings. The minimum absolute atomic E-state index is 0.692. The summed E-state index contributed by atoms with van der Waals surface area (Å²) in [5.74, 6) is 0.838. The van der Waals surface area contributed by atoms with E-state index < -0.39 is 0 Å². The molecule has 3 heteroatoms. The molecule has 0 aromatic carbocycles. The number of hydrogen-bond acceptors (Lipinski definition) is 2. The summed E-state index contributed by atoms with van der Waals surface area (Å²) in [5, 5.41) is 0. The number of hydrogen-bond donors (Lipinski definition) is 0.